The number of benzene rings is 2. The Bertz CT molecular complexity index is 783. The van der Waals surface area contributed by atoms with Crippen LogP contribution in [0.3, 0.4) is 0 Å². The minimum atomic E-state index is -0.433. The van der Waals surface area contributed by atoms with Gasteiger partial charge >= 0.3 is 5.97 Å². The van der Waals surface area contributed by atoms with Crippen molar-refractivity contribution >= 4 is 29.2 Å². The third-order valence-corrected chi connectivity index (χ3v) is 4.01. The normalized spacial score (nSPS) is 12.6. The molecule has 0 aliphatic carbocycles. The van der Waals surface area contributed by atoms with Crippen LogP contribution in [0, 0.1) is 5.92 Å². The van der Waals surface area contributed by atoms with Crippen molar-refractivity contribution in [1.82, 2.24) is 0 Å². The number of ether oxygens (including phenoxy) is 2. The highest BCUT2D eigenvalue weighted by Gasteiger charge is 2.18. The summed E-state index contributed by atoms with van der Waals surface area (Å²) in [5.41, 5.74) is 0.843. The third-order valence-electron chi connectivity index (χ3n) is 3.76. The fourth-order valence-corrected chi connectivity index (χ4v) is 2.98. The number of halogens is 2. The summed E-state index contributed by atoms with van der Waals surface area (Å²) in [4.78, 5) is 12.3. The van der Waals surface area contributed by atoms with Gasteiger partial charge in [-0.25, -0.2) is 0 Å². The molecule has 2 aromatic carbocycles. The molecule has 2 rings (SSSR count). The third kappa shape index (κ3) is 7.49. The van der Waals surface area contributed by atoms with Crippen LogP contribution >= 0.6 is 23.2 Å². The Labute approximate surface area is 170 Å². The molecule has 142 valence electrons. The van der Waals surface area contributed by atoms with Crippen LogP contribution in [0.2, 0.25) is 0 Å². The molecule has 0 spiro atoms. The highest BCUT2D eigenvalue weighted by molar-refractivity contribution is 6.55. The summed E-state index contributed by atoms with van der Waals surface area (Å²) < 4.78 is 11.7. The monoisotopic (exact) mass is 404 g/mol. The van der Waals surface area contributed by atoms with Crippen LogP contribution in [0.15, 0.2) is 77.8 Å². The lowest BCUT2D eigenvalue weighted by atomic mass is 10.1. The van der Waals surface area contributed by atoms with Gasteiger partial charge in [-0.3, -0.25) is 4.79 Å². The highest BCUT2D eigenvalue weighted by atomic mass is 35.5. The van der Waals surface area contributed by atoms with E-state index in [0.717, 1.165) is 11.3 Å². The van der Waals surface area contributed by atoms with Crippen LogP contribution in [0.1, 0.15) is 31.4 Å². The van der Waals surface area contributed by atoms with Gasteiger partial charge in [0.15, 0.2) is 0 Å². The van der Waals surface area contributed by atoms with Gasteiger partial charge in [0, 0.05) is 6.42 Å². The SMILES string of the molecule is C=CCC(OC(=O)CC(C)C=C(Cl)Cl)c1cccc(Oc2ccccc2)c1. The summed E-state index contributed by atoms with van der Waals surface area (Å²) in [5.74, 6) is 0.980. The van der Waals surface area contributed by atoms with Crippen LogP contribution < -0.4 is 4.74 Å². The van der Waals surface area contributed by atoms with Crippen LogP contribution in [0.25, 0.3) is 0 Å². The maximum absolute atomic E-state index is 12.3. The Kier molecular flexibility index (Phi) is 8.43. The second-order valence-electron chi connectivity index (χ2n) is 6.13. The van der Waals surface area contributed by atoms with Crippen molar-refractivity contribution in [2.75, 3.05) is 0 Å². The summed E-state index contributed by atoms with van der Waals surface area (Å²) in [6, 6.07) is 17.0. The molecule has 0 aliphatic heterocycles. The average Bonchev–Trinajstić information content (AvgIpc) is 2.61. The van der Waals surface area contributed by atoms with Crippen molar-refractivity contribution in [3.05, 3.63) is 83.4 Å². The van der Waals surface area contributed by atoms with Crippen LogP contribution in [0.4, 0.5) is 0 Å². The molecule has 0 amide bonds. The van der Waals surface area contributed by atoms with Crippen molar-refractivity contribution in [1.29, 1.82) is 0 Å². The summed E-state index contributed by atoms with van der Waals surface area (Å²) in [6.07, 6.45) is 3.60. The van der Waals surface area contributed by atoms with Crippen molar-refractivity contribution in [2.24, 2.45) is 5.92 Å². The molecule has 0 heterocycles. The Morgan fingerprint density at radius 3 is 2.48 bits per heavy atom. The van der Waals surface area contributed by atoms with Gasteiger partial charge < -0.3 is 9.47 Å². The van der Waals surface area contributed by atoms with E-state index in [1.54, 1.807) is 12.2 Å². The summed E-state index contributed by atoms with van der Waals surface area (Å²) in [7, 11) is 0. The minimum Gasteiger partial charge on any atom is -0.457 e. The van der Waals surface area contributed by atoms with Gasteiger partial charge in [-0.15, -0.1) is 6.58 Å². The lowest BCUT2D eigenvalue weighted by Gasteiger charge is -2.18. The smallest absolute Gasteiger partial charge is 0.306 e. The predicted octanol–water partition coefficient (Wildman–Crippen LogP) is 6.98. The number of esters is 1. The van der Waals surface area contributed by atoms with Crippen molar-refractivity contribution in [2.45, 2.75) is 25.9 Å². The predicted molar refractivity (Wildman–Crippen MR) is 110 cm³/mol. The fraction of sp³-hybridized carbons (Fsp3) is 0.227. The number of rotatable bonds is 9. The molecule has 2 atom stereocenters. The van der Waals surface area contributed by atoms with Gasteiger partial charge in [0.1, 0.15) is 22.1 Å². The Morgan fingerprint density at radius 2 is 1.81 bits per heavy atom. The number of allylic oxidation sites excluding steroid dienone is 1. The first kappa shape index (κ1) is 21.1. The molecule has 0 bridgehead atoms. The molecule has 2 aromatic rings. The standard InChI is InChI=1S/C22H22Cl2O3/c1-3-8-20(27-22(25)14-16(2)13-21(23)24)17-9-7-12-19(15-17)26-18-10-5-4-6-11-18/h3-7,9-13,15-16,20H,1,8,14H2,2H3. The maximum Gasteiger partial charge on any atom is 0.306 e. The van der Waals surface area contributed by atoms with E-state index in [1.165, 1.54) is 0 Å². The first-order chi connectivity index (χ1) is 13.0. The zero-order valence-corrected chi connectivity index (χ0v) is 16.6. The second-order valence-corrected chi connectivity index (χ2v) is 7.14. The molecule has 0 saturated heterocycles. The quantitative estimate of drug-likeness (QED) is 0.333. The van der Waals surface area contributed by atoms with Gasteiger partial charge in [0.25, 0.3) is 0 Å². The Balaban J connectivity index is 2.09. The lowest BCUT2D eigenvalue weighted by molar-refractivity contribution is -0.150. The highest BCUT2D eigenvalue weighted by Crippen LogP contribution is 2.29. The molecule has 3 nitrogen and oxygen atoms in total. The van der Waals surface area contributed by atoms with Crippen LogP contribution in [0.5, 0.6) is 11.5 Å². The van der Waals surface area contributed by atoms with Gasteiger partial charge in [-0.05, 0) is 35.7 Å². The van der Waals surface area contributed by atoms with Gasteiger partial charge in [0.2, 0.25) is 0 Å². The van der Waals surface area contributed by atoms with E-state index >= 15 is 0 Å². The van der Waals surface area contributed by atoms with Crippen molar-refractivity contribution in [3.63, 3.8) is 0 Å². The van der Waals surface area contributed by atoms with E-state index < -0.39 is 6.10 Å². The number of hydrogen-bond donors (Lipinski definition) is 0. The van der Waals surface area contributed by atoms with Gasteiger partial charge in [0.05, 0.1) is 6.42 Å². The van der Waals surface area contributed by atoms with Crippen LogP contribution in [-0.4, -0.2) is 5.97 Å². The first-order valence-corrected chi connectivity index (χ1v) is 9.39. The van der Waals surface area contributed by atoms with E-state index in [1.807, 2.05) is 61.5 Å². The zero-order valence-electron chi connectivity index (χ0n) is 15.1. The fourth-order valence-electron chi connectivity index (χ4n) is 2.55. The molecular formula is C22H22Cl2O3. The molecule has 0 aliphatic rings. The number of hydrogen-bond acceptors (Lipinski definition) is 3. The molecule has 5 heteroatoms. The topological polar surface area (TPSA) is 35.5 Å². The Morgan fingerprint density at radius 1 is 1.11 bits per heavy atom. The lowest BCUT2D eigenvalue weighted by Crippen LogP contribution is -2.13. The van der Waals surface area contributed by atoms with E-state index in [4.69, 9.17) is 32.7 Å². The van der Waals surface area contributed by atoms with E-state index in [2.05, 4.69) is 6.58 Å². The van der Waals surface area contributed by atoms with E-state index in [9.17, 15) is 4.79 Å². The van der Waals surface area contributed by atoms with E-state index in [-0.39, 0.29) is 22.8 Å². The molecule has 0 saturated carbocycles. The number of carbonyl (C=O) groups excluding carboxylic acids is 1. The van der Waals surface area contributed by atoms with Gasteiger partial charge in [-0.2, -0.15) is 0 Å². The molecule has 0 aromatic heterocycles. The molecular weight excluding hydrogens is 383 g/mol. The van der Waals surface area contributed by atoms with Gasteiger partial charge in [-0.1, -0.05) is 72.6 Å². The minimum absolute atomic E-state index is 0.111. The molecule has 27 heavy (non-hydrogen) atoms. The molecule has 0 fully saturated rings. The summed E-state index contributed by atoms with van der Waals surface area (Å²) >= 11 is 11.3. The number of para-hydroxylation sites is 1. The molecule has 0 N–H and O–H groups in total. The number of carbonyl (C=O) groups is 1. The Hall–Kier alpha value is -2.23. The van der Waals surface area contributed by atoms with Crippen LogP contribution in [-0.2, 0) is 9.53 Å². The first-order valence-electron chi connectivity index (χ1n) is 8.64. The molecule has 2 unspecified atom stereocenters. The van der Waals surface area contributed by atoms with E-state index in [0.29, 0.717) is 12.2 Å². The molecule has 0 radical (unpaired) electrons. The maximum atomic E-state index is 12.3. The average molecular weight is 405 g/mol. The van der Waals surface area contributed by atoms with Crippen molar-refractivity contribution in [3.8, 4) is 11.5 Å². The largest absolute Gasteiger partial charge is 0.457 e. The van der Waals surface area contributed by atoms with Crippen molar-refractivity contribution < 1.29 is 14.3 Å². The zero-order chi connectivity index (χ0) is 19.6. The summed E-state index contributed by atoms with van der Waals surface area (Å²) in [6.45, 7) is 5.61. The second kappa shape index (κ2) is 10.8. The summed E-state index contributed by atoms with van der Waals surface area (Å²) in [5, 5.41) is 0.